The quantitative estimate of drug-likeness (QED) is 0.314. The number of aromatic nitrogens is 1. The zero-order valence-corrected chi connectivity index (χ0v) is 16.7. The molecule has 3 rings (SSSR count). The highest BCUT2D eigenvalue weighted by Crippen LogP contribution is 2.25. The Hall–Kier alpha value is -2.94. The predicted molar refractivity (Wildman–Crippen MR) is 115 cm³/mol. The van der Waals surface area contributed by atoms with E-state index in [0.29, 0.717) is 5.56 Å². The number of pyridine rings is 1. The number of rotatable bonds is 9. The van der Waals surface area contributed by atoms with Crippen molar-refractivity contribution in [1.82, 2.24) is 4.98 Å². The number of carbonyl (C=O) groups is 1. The Morgan fingerprint density at radius 3 is 2.11 bits per heavy atom. The Labute approximate surface area is 167 Å². The van der Waals surface area contributed by atoms with Crippen LogP contribution in [0.1, 0.15) is 49.9 Å². The second-order valence-corrected chi connectivity index (χ2v) is 7.00. The summed E-state index contributed by atoms with van der Waals surface area (Å²) in [5.74, 6) is 0.985. The summed E-state index contributed by atoms with van der Waals surface area (Å²) < 4.78 is 5.81. The first-order valence-corrected chi connectivity index (χ1v) is 9.98. The lowest BCUT2D eigenvalue weighted by molar-refractivity contribution is 0.101. The highest BCUT2D eigenvalue weighted by Gasteiger charge is 2.04. The summed E-state index contributed by atoms with van der Waals surface area (Å²) in [7, 11) is 0. The summed E-state index contributed by atoms with van der Waals surface area (Å²) in [6, 6.07) is 19.8. The zero-order valence-electron chi connectivity index (χ0n) is 16.7. The fourth-order valence-corrected chi connectivity index (χ4v) is 3.07. The minimum Gasteiger partial charge on any atom is -0.494 e. The molecule has 0 N–H and O–H groups in total. The molecule has 28 heavy (non-hydrogen) atoms. The third-order valence-corrected chi connectivity index (χ3v) is 4.80. The molecule has 3 heteroatoms. The molecule has 0 amide bonds. The van der Waals surface area contributed by atoms with Gasteiger partial charge in [0, 0.05) is 22.9 Å². The van der Waals surface area contributed by atoms with Crippen LogP contribution in [0.5, 0.6) is 5.75 Å². The van der Waals surface area contributed by atoms with Crippen LogP contribution in [0.25, 0.3) is 22.4 Å². The molecule has 0 unspecified atom stereocenters. The van der Waals surface area contributed by atoms with E-state index in [9.17, 15) is 4.79 Å². The Bertz CT molecular complexity index is 881. The van der Waals surface area contributed by atoms with Gasteiger partial charge in [-0.1, -0.05) is 68.7 Å². The van der Waals surface area contributed by atoms with Crippen LogP contribution >= 0.6 is 0 Å². The van der Waals surface area contributed by atoms with Crippen molar-refractivity contribution in [2.45, 2.75) is 39.5 Å². The summed E-state index contributed by atoms with van der Waals surface area (Å²) in [5, 5.41) is 0. The van der Waals surface area contributed by atoms with Crippen molar-refractivity contribution < 1.29 is 9.53 Å². The van der Waals surface area contributed by atoms with E-state index in [4.69, 9.17) is 4.74 Å². The van der Waals surface area contributed by atoms with Crippen LogP contribution in [0, 0.1) is 0 Å². The standard InChI is InChI=1S/C25H27NO2/c1-3-4-5-6-17-28-24-14-11-21(12-15-24)23-13-16-25(26-18-23)22-9-7-20(8-10-22)19(2)27/h7-16,18H,3-6,17H2,1-2H3. The monoisotopic (exact) mass is 373 g/mol. The van der Waals surface area contributed by atoms with Crippen LogP contribution in [0.15, 0.2) is 66.9 Å². The molecule has 3 aromatic rings. The second kappa shape index (κ2) is 9.84. The van der Waals surface area contributed by atoms with E-state index in [0.717, 1.165) is 41.2 Å². The maximum absolute atomic E-state index is 11.4. The summed E-state index contributed by atoms with van der Waals surface area (Å²) >= 11 is 0. The summed E-state index contributed by atoms with van der Waals surface area (Å²) in [6.45, 7) is 4.56. The second-order valence-electron chi connectivity index (χ2n) is 7.00. The van der Waals surface area contributed by atoms with Gasteiger partial charge >= 0.3 is 0 Å². The van der Waals surface area contributed by atoms with Crippen molar-refractivity contribution >= 4 is 5.78 Å². The average molecular weight is 373 g/mol. The van der Waals surface area contributed by atoms with Crippen LogP contribution < -0.4 is 4.74 Å². The molecular weight excluding hydrogens is 346 g/mol. The lowest BCUT2D eigenvalue weighted by atomic mass is 10.0. The first-order valence-electron chi connectivity index (χ1n) is 9.98. The number of ketones is 1. The van der Waals surface area contributed by atoms with E-state index in [1.54, 1.807) is 6.92 Å². The molecule has 2 aromatic carbocycles. The molecule has 0 aliphatic heterocycles. The van der Waals surface area contributed by atoms with Crippen LogP contribution in [0.3, 0.4) is 0 Å². The van der Waals surface area contributed by atoms with E-state index in [-0.39, 0.29) is 5.78 Å². The number of unbranched alkanes of at least 4 members (excludes halogenated alkanes) is 3. The predicted octanol–water partition coefficient (Wildman–Crippen LogP) is 6.58. The highest BCUT2D eigenvalue weighted by molar-refractivity contribution is 5.94. The van der Waals surface area contributed by atoms with Crippen LogP contribution in [-0.4, -0.2) is 17.4 Å². The van der Waals surface area contributed by atoms with Crippen molar-refractivity contribution in [3.63, 3.8) is 0 Å². The van der Waals surface area contributed by atoms with Gasteiger partial charge in [-0.05, 0) is 37.1 Å². The Balaban J connectivity index is 1.62. The number of hydrogen-bond acceptors (Lipinski definition) is 3. The molecule has 0 atom stereocenters. The van der Waals surface area contributed by atoms with Gasteiger partial charge in [0.15, 0.2) is 5.78 Å². The van der Waals surface area contributed by atoms with Crippen molar-refractivity contribution in [2.75, 3.05) is 6.61 Å². The van der Waals surface area contributed by atoms with Gasteiger partial charge in [-0.3, -0.25) is 9.78 Å². The van der Waals surface area contributed by atoms with Gasteiger partial charge in [-0.25, -0.2) is 0 Å². The SMILES string of the molecule is CCCCCCOc1ccc(-c2ccc(-c3ccc(C(C)=O)cc3)nc2)cc1. The number of ether oxygens (including phenoxy) is 1. The van der Waals surface area contributed by atoms with Crippen molar-refractivity contribution in [1.29, 1.82) is 0 Å². The lowest BCUT2D eigenvalue weighted by Crippen LogP contribution is -1.97. The summed E-state index contributed by atoms with van der Waals surface area (Å²) in [5.41, 5.74) is 4.80. The molecule has 144 valence electrons. The maximum Gasteiger partial charge on any atom is 0.159 e. The largest absolute Gasteiger partial charge is 0.494 e. The van der Waals surface area contributed by atoms with Crippen molar-refractivity contribution in [3.8, 4) is 28.1 Å². The number of Topliss-reactive ketones (excluding diaryl/α,β-unsaturated/α-hetero) is 1. The maximum atomic E-state index is 11.4. The van der Waals surface area contributed by atoms with Gasteiger partial charge in [0.1, 0.15) is 5.75 Å². The molecule has 0 aliphatic rings. The Morgan fingerprint density at radius 1 is 0.821 bits per heavy atom. The first kappa shape index (κ1) is 19.8. The Kier molecular flexibility index (Phi) is 6.96. The van der Waals surface area contributed by atoms with Gasteiger partial charge in [-0.15, -0.1) is 0 Å². The minimum atomic E-state index is 0.0724. The molecule has 1 aromatic heterocycles. The number of benzene rings is 2. The van der Waals surface area contributed by atoms with Crippen LogP contribution in [0.4, 0.5) is 0 Å². The molecule has 1 heterocycles. The van der Waals surface area contributed by atoms with Gasteiger partial charge in [0.25, 0.3) is 0 Å². The third-order valence-electron chi connectivity index (χ3n) is 4.80. The fourth-order valence-electron chi connectivity index (χ4n) is 3.07. The highest BCUT2D eigenvalue weighted by atomic mass is 16.5. The van der Waals surface area contributed by atoms with E-state index in [2.05, 4.69) is 30.1 Å². The average Bonchev–Trinajstić information content (AvgIpc) is 2.74. The van der Waals surface area contributed by atoms with E-state index >= 15 is 0 Å². The molecule has 0 saturated carbocycles. The Morgan fingerprint density at radius 2 is 1.50 bits per heavy atom. The van der Waals surface area contributed by atoms with Gasteiger partial charge in [-0.2, -0.15) is 0 Å². The molecule has 0 saturated heterocycles. The molecule has 0 radical (unpaired) electrons. The zero-order chi connectivity index (χ0) is 19.8. The minimum absolute atomic E-state index is 0.0724. The molecule has 0 bridgehead atoms. The van der Waals surface area contributed by atoms with Crippen LogP contribution in [0.2, 0.25) is 0 Å². The molecular formula is C25H27NO2. The van der Waals surface area contributed by atoms with E-state index < -0.39 is 0 Å². The lowest BCUT2D eigenvalue weighted by Gasteiger charge is -2.08. The summed E-state index contributed by atoms with van der Waals surface area (Å²) in [6.07, 6.45) is 6.73. The normalized spacial score (nSPS) is 10.6. The number of hydrogen-bond donors (Lipinski definition) is 0. The molecule has 3 nitrogen and oxygen atoms in total. The fraction of sp³-hybridized carbons (Fsp3) is 0.280. The van der Waals surface area contributed by atoms with Gasteiger partial charge < -0.3 is 4.74 Å². The topological polar surface area (TPSA) is 39.2 Å². The van der Waals surface area contributed by atoms with Crippen LogP contribution in [-0.2, 0) is 0 Å². The third kappa shape index (κ3) is 5.29. The molecule has 0 fully saturated rings. The van der Waals surface area contributed by atoms with E-state index in [1.165, 1.54) is 19.3 Å². The van der Waals surface area contributed by atoms with Crippen molar-refractivity contribution in [2.24, 2.45) is 0 Å². The molecule has 0 aliphatic carbocycles. The first-order chi connectivity index (χ1) is 13.7. The van der Waals surface area contributed by atoms with Crippen molar-refractivity contribution in [3.05, 3.63) is 72.4 Å². The smallest absolute Gasteiger partial charge is 0.159 e. The van der Waals surface area contributed by atoms with E-state index in [1.807, 2.05) is 48.7 Å². The number of carbonyl (C=O) groups excluding carboxylic acids is 1. The summed E-state index contributed by atoms with van der Waals surface area (Å²) in [4.78, 5) is 16.0. The molecule has 0 spiro atoms. The number of nitrogens with zero attached hydrogens (tertiary/aromatic N) is 1. The van der Waals surface area contributed by atoms with Gasteiger partial charge in [0.2, 0.25) is 0 Å². The van der Waals surface area contributed by atoms with Gasteiger partial charge in [0.05, 0.1) is 12.3 Å².